The standard InChI is InChI=1S/C27H30Cl2N4O3S/c1-2-36-26(35)20-12-14-32(15-13-20)25(34)9-6-16-37-27-31-30-24(17-19-7-4-3-5-8-19)33(27)21-10-11-22(28)23(29)18-21/h3-5,7-8,10-11,18,20H,2,6,9,12-17H2,1H3. The lowest BCUT2D eigenvalue weighted by Gasteiger charge is -2.31. The summed E-state index contributed by atoms with van der Waals surface area (Å²) in [5, 5.41) is 10.6. The Bertz CT molecular complexity index is 1210. The van der Waals surface area contributed by atoms with Gasteiger partial charge in [-0.3, -0.25) is 14.2 Å². The minimum absolute atomic E-state index is 0.0997. The minimum Gasteiger partial charge on any atom is -0.466 e. The molecule has 2 aromatic carbocycles. The first-order valence-corrected chi connectivity index (χ1v) is 14.2. The number of carbonyl (C=O) groups is 2. The van der Waals surface area contributed by atoms with Crippen molar-refractivity contribution < 1.29 is 14.3 Å². The number of nitrogens with zero attached hydrogens (tertiary/aromatic N) is 4. The number of likely N-dealkylation sites (tertiary alicyclic amines) is 1. The van der Waals surface area contributed by atoms with E-state index in [1.807, 2.05) is 46.7 Å². The molecule has 37 heavy (non-hydrogen) atoms. The Morgan fingerprint density at radius 2 is 1.81 bits per heavy atom. The molecule has 7 nitrogen and oxygen atoms in total. The van der Waals surface area contributed by atoms with E-state index >= 15 is 0 Å². The van der Waals surface area contributed by atoms with Crippen LogP contribution in [0.4, 0.5) is 0 Å². The van der Waals surface area contributed by atoms with E-state index in [2.05, 4.69) is 22.3 Å². The van der Waals surface area contributed by atoms with E-state index in [4.69, 9.17) is 27.9 Å². The third kappa shape index (κ3) is 7.27. The lowest BCUT2D eigenvalue weighted by molar-refractivity contribution is -0.151. The number of benzene rings is 2. The van der Waals surface area contributed by atoms with Crippen LogP contribution in [0.5, 0.6) is 0 Å². The van der Waals surface area contributed by atoms with Gasteiger partial charge in [0.1, 0.15) is 5.82 Å². The Kier molecular flexibility index (Phi) is 9.88. The topological polar surface area (TPSA) is 77.3 Å². The molecule has 1 saturated heterocycles. The highest BCUT2D eigenvalue weighted by molar-refractivity contribution is 7.99. The lowest BCUT2D eigenvalue weighted by atomic mass is 9.97. The molecule has 1 fully saturated rings. The van der Waals surface area contributed by atoms with Crippen molar-refractivity contribution in [2.24, 2.45) is 5.92 Å². The first kappa shape index (κ1) is 27.5. The number of aromatic nitrogens is 3. The van der Waals surface area contributed by atoms with Gasteiger partial charge in [-0.1, -0.05) is 65.3 Å². The van der Waals surface area contributed by atoms with E-state index in [0.29, 0.717) is 61.8 Å². The van der Waals surface area contributed by atoms with Gasteiger partial charge in [-0.05, 0) is 49.9 Å². The zero-order chi connectivity index (χ0) is 26.2. The second-order valence-electron chi connectivity index (χ2n) is 8.85. The van der Waals surface area contributed by atoms with Gasteiger partial charge in [-0.25, -0.2) is 0 Å². The number of rotatable bonds is 10. The maximum atomic E-state index is 12.7. The Hall–Kier alpha value is -2.55. The van der Waals surface area contributed by atoms with Crippen LogP contribution in [-0.4, -0.2) is 57.0 Å². The predicted molar refractivity (Wildman–Crippen MR) is 147 cm³/mol. The molecule has 1 aliphatic heterocycles. The van der Waals surface area contributed by atoms with Gasteiger partial charge in [0, 0.05) is 31.7 Å². The van der Waals surface area contributed by atoms with Crippen LogP contribution >= 0.6 is 35.0 Å². The Balaban J connectivity index is 1.36. The predicted octanol–water partition coefficient (Wildman–Crippen LogP) is 5.84. The molecule has 0 bridgehead atoms. The second-order valence-corrected chi connectivity index (χ2v) is 10.7. The first-order chi connectivity index (χ1) is 18.0. The number of thioether (sulfide) groups is 1. The summed E-state index contributed by atoms with van der Waals surface area (Å²) in [4.78, 5) is 26.5. The second kappa shape index (κ2) is 13.3. The highest BCUT2D eigenvalue weighted by Crippen LogP contribution is 2.29. The molecule has 1 aromatic heterocycles. The third-order valence-corrected chi connectivity index (χ3v) is 8.05. The molecule has 1 amide bonds. The van der Waals surface area contributed by atoms with Gasteiger partial charge in [0.15, 0.2) is 5.16 Å². The van der Waals surface area contributed by atoms with Crippen molar-refractivity contribution in [2.45, 2.75) is 44.2 Å². The van der Waals surface area contributed by atoms with Gasteiger partial charge < -0.3 is 9.64 Å². The summed E-state index contributed by atoms with van der Waals surface area (Å²) in [7, 11) is 0. The van der Waals surface area contributed by atoms with Crippen molar-refractivity contribution in [3.8, 4) is 5.69 Å². The largest absolute Gasteiger partial charge is 0.466 e. The molecule has 2 heterocycles. The van der Waals surface area contributed by atoms with Gasteiger partial charge in [-0.15, -0.1) is 10.2 Å². The Labute approximate surface area is 231 Å². The summed E-state index contributed by atoms with van der Waals surface area (Å²) in [5.74, 6) is 1.39. The number of hydrogen-bond acceptors (Lipinski definition) is 6. The number of ether oxygens (including phenoxy) is 1. The maximum absolute atomic E-state index is 12.7. The van der Waals surface area contributed by atoms with Crippen molar-refractivity contribution >= 4 is 46.8 Å². The molecule has 0 atom stereocenters. The molecule has 3 aromatic rings. The van der Waals surface area contributed by atoms with Crippen LogP contribution in [0.25, 0.3) is 5.69 Å². The molecule has 0 unspecified atom stereocenters. The number of carbonyl (C=O) groups excluding carboxylic acids is 2. The van der Waals surface area contributed by atoms with Crippen LogP contribution in [0, 0.1) is 5.92 Å². The van der Waals surface area contributed by atoms with Crippen LogP contribution in [0.15, 0.2) is 53.7 Å². The monoisotopic (exact) mass is 560 g/mol. The third-order valence-electron chi connectivity index (χ3n) is 6.30. The molecule has 0 spiro atoms. The SMILES string of the molecule is CCOC(=O)C1CCN(C(=O)CCCSc2nnc(Cc3ccccc3)n2-c2ccc(Cl)c(Cl)c2)CC1. The van der Waals surface area contributed by atoms with E-state index in [-0.39, 0.29) is 17.8 Å². The summed E-state index contributed by atoms with van der Waals surface area (Å²) < 4.78 is 7.12. The average molecular weight is 562 g/mol. The number of piperidine rings is 1. The minimum atomic E-state index is -0.149. The van der Waals surface area contributed by atoms with Gasteiger partial charge in [0.05, 0.1) is 28.3 Å². The van der Waals surface area contributed by atoms with E-state index in [1.54, 1.807) is 17.8 Å². The summed E-state index contributed by atoms with van der Waals surface area (Å²) >= 11 is 14.0. The Morgan fingerprint density at radius 3 is 2.51 bits per heavy atom. The fourth-order valence-electron chi connectivity index (χ4n) is 4.34. The molecule has 196 valence electrons. The molecule has 1 aliphatic rings. The highest BCUT2D eigenvalue weighted by Gasteiger charge is 2.28. The molecule has 0 saturated carbocycles. The first-order valence-electron chi connectivity index (χ1n) is 12.5. The lowest BCUT2D eigenvalue weighted by Crippen LogP contribution is -2.40. The van der Waals surface area contributed by atoms with Crippen LogP contribution in [0.3, 0.4) is 0 Å². The summed E-state index contributed by atoms with van der Waals surface area (Å²) in [5.41, 5.74) is 1.97. The van der Waals surface area contributed by atoms with Gasteiger partial charge >= 0.3 is 5.97 Å². The van der Waals surface area contributed by atoms with Crippen LogP contribution in [-0.2, 0) is 20.7 Å². The quantitative estimate of drug-likeness (QED) is 0.176. The van der Waals surface area contributed by atoms with Crippen molar-refractivity contribution in [3.63, 3.8) is 0 Å². The number of halogens is 2. The van der Waals surface area contributed by atoms with Crippen LogP contribution in [0.1, 0.15) is 44.0 Å². The normalized spacial score (nSPS) is 14.1. The summed E-state index contributed by atoms with van der Waals surface area (Å²) in [6, 6.07) is 15.6. The smallest absolute Gasteiger partial charge is 0.309 e. The number of hydrogen-bond donors (Lipinski definition) is 0. The summed E-state index contributed by atoms with van der Waals surface area (Å²) in [6.07, 6.45) is 3.11. The molecular formula is C27H30Cl2N4O3S. The van der Waals surface area contributed by atoms with E-state index in [1.165, 1.54) is 0 Å². The summed E-state index contributed by atoms with van der Waals surface area (Å²) in [6.45, 7) is 3.40. The van der Waals surface area contributed by atoms with Gasteiger partial charge in [0.25, 0.3) is 0 Å². The van der Waals surface area contributed by atoms with Crippen molar-refractivity contribution in [2.75, 3.05) is 25.4 Å². The van der Waals surface area contributed by atoms with E-state index in [9.17, 15) is 9.59 Å². The van der Waals surface area contributed by atoms with Crippen molar-refractivity contribution in [1.29, 1.82) is 0 Å². The average Bonchev–Trinajstić information content (AvgIpc) is 3.31. The maximum Gasteiger partial charge on any atom is 0.309 e. The van der Waals surface area contributed by atoms with E-state index < -0.39 is 0 Å². The van der Waals surface area contributed by atoms with Crippen molar-refractivity contribution in [1.82, 2.24) is 19.7 Å². The fourth-order valence-corrected chi connectivity index (χ4v) is 5.54. The van der Waals surface area contributed by atoms with E-state index in [0.717, 1.165) is 28.0 Å². The molecular weight excluding hydrogens is 531 g/mol. The number of esters is 1. The fraction of sp³-hybridized carbons (Fsp3) is 0.407. The van der Waals surface area contributed by atoms with Gasteiger partial charge in [-0.2, -0.15) is 0 Å². The molecule has 0 aliphatic carbocycles. The highest BCUT2D eigenvalue weighted by atomic mass is 35.5. The van der Waals surface area contributed by atoms with Crippen LogP contribution < -0.4 is 0 Å². The van der Waals surface area contributed by atoms with Crippen molar-refractivity contribution in [3.05, 3.63) is 70.0 Å². The number of amides is 1. The Morgan fingerprint density at radius 1 is 1.05 bits per heavy atom. The molecule has 10 heteroatoms. The molecule has 4 rings (SSSR count). The zero-order valence-electron chi connectivity index (χ0n) is 20.7. The molecule has 0 N–H and O–H groups in total. The van der Waals surface area contributed by atoms with Crippen LogP contribution in [0.2, 0.25) is 10.0 Å². The van der Waals surface area contributed by atoms with Gasteiger partial charge in [0.2, 0.25) is 5.91 Å². The zero-order valence-corrected chi connectivity index (χ0v) is 23.1. The molecule has 0 radical (unpaired) electrons.